The van der Waals surface area contributed by atoms with Crippen molar-refractivity contribution >= 4 is 34.6 Å². The summed E-state index contributed by atoms with van der Waals surface area (Å²) in [5.74, 6) is 0.929. The van der Waals surface area contributed by atoms with E-state index < -0.39 is 0 Å². The van der Waals surface area contributed by atoms with Crippen molar-refractivity contribution in [2.75, 3.05) is 13.1 Å². The number of ether oxygens (including phenoxy) is 1. The number of hydrazine groups is 1. The fraction of sp³-hybridized carbons (Fsp3) is 0.316. The minimum atomic E-state index is -0.276. The Hall–Kier alpha value is -1.67. The second kappa shape index (κ2) is 8.14. The van der Waals surface area contributed by atoms with Crippen LogP contribution in [0.25, 0.3) is 0 Å². The van der Waals surface area contributed by atoms with Crippen molar-refractivity contribution in [3.05, 3.63) is 50.8 Å². The molecule has 0 bridgehead atoms. The fourth-order valence-electron chi connectivity index (χ4n) is 2.72. The van der Waals surface area contributed by atoms with E-state index in [2.05, 4.69) is 15.4 Å². The summed E-state index contributed by atoms with van der Waals surface area (Å²) in [5, 5.41) is 2.16. The van der Waals surface area contributed by atoms with Gasteiger partial charge in [-0.05, 0) is 84.7 Å². The molecule has 1 fully saturated rings. The lowest BCUT2D eigenvalue weighted by Gasteiger charge is -2.14. The zero-order chi connectivity index (χ0) is 17.8. The van der Waals surface area contributed by atoms with E-state index in [1.807, 2.05) is 48.6 Å². The number of hydrogen-bond donors (Lipinski definition) is 1. The molecule has 1 heterocycles. The quantitative estimate of drug-likeness (QED) is 0.389. The summed E-state index contributed by atoms with van der Waals surface area (Å²) in [5.41, 5.74) is 6.07. The van der Waals surface area contributed by atoms with Crippen LogP contribution in [-0.4, -0.2) is 24.4 Å². The molecule has 0 saturated carbocycles. The van der Waals surface area contributed by atoms with Crippen molar-refractivity contribution in [3.8, 4) is 11.5 Å². The van der Waals surface area contributed by atoms with Crippen LogP contribution in [0.2, 0.25) is 0 Å². The van der Waals surface area contributed by atoms with Gasteiger partial charge >= 0.3 is 0 Å². The van der Waals surface area contributed by atoms with Crippen molar-refractivity contribution in [2.45, 2.75) is 26.7 Å². The third-order valence-electron chi connectivity index (χ3n) is 4.16. The van der Waals surface area contributed by atoms with Gasteiger partial charge in [0, 0.05) is 22.7 Å². The van der Waals surface area contributed by atoms with Gasteiger partial charge in [-0.2, -0.15) is 0 Å². The van der Waals surface area contributed by atoms with Gasteiger partial charge in [-0.15, -0.1) is 0 Å². The van der Waals surface area contributed by atoms with E-state index in [4.69, 9.17) is 4.74 Å². The minimum Gasteiger partial charge on any atom is -0.457 e. The number of aliphatic imine (C=N–C) groups is 1. The lowest BCUT2D eigenvalue weighted by Crippen LogP contribution is -2.33. The third-order valence-corrected chi connectivity index (χ3v) is 5.04. The zero-order valence-corrected chi connectivity index (χ0v) is 16.5. The normalized spacial score (nSPS) is 15.0. The molecular weight excluding hydrogens is 432 g/mol. The molecule has 2 aromatic carbocycles. The van der Waals surface area contributed by atoms with Crippen LogP contribution in [0.3, 0.4) is 0 Å². The molecule has 3 rings (SSSR count). The van der Waals surface area contributed by atoms with Crippen LogP contribution >= 0.6 is 22.6 Å². The number of aryl methyl sites for hydroxylation is 2. The Morgan fingerprint density at radius 1 is 1.16 bits per heavy atom. The lowest BCUT2D eigenvalue weighted by molar-refractivity contribution is 0.300. The van der Waals surface area contributed by atoms with Gasteiger partial charge in [-0.1, -0.05) is 0 Å². The van der Waals surface area contributed by atoms with Gasteiger partial charge in [0.2, 0.25) is 0 Å². The van der Waals surface area contributed by atoms with E-state index >= 15 is 0 Å². The number of nitrogens with zero attached hydrogens (tertiary/aromatic N) is 2. The summed E-state index contributed by atoms with van der Waals surface area (Å²) < 4.78 is 20.1. The third kappa shape index (κ3) is 4.70. The molecule has 0 aliphatic carbocycles. The first-order valence-corrected chi connectivity index (χ1v) is 9.38. The predicted molar refractivity (Wildman–Crippen MR) is 107 cm³/mol. The number of benzene rings is 2. The molecule has 0 atom stereocenters. The number of nitrogens with one attached hydrogen (secondary N) is 1. The maximum Gasteiger partial charge on any atom is 0.140 e. The van der Waals surface area contributed by atoms with Crippen LogP contribution in [0, 0.1) is 23.2 Å². The average Bonchev–Trinajstić information content (AvgIpc) is 3.09. The van der Waals surface area contributed by atoms with E-state index in [0.29, 0.717) is 15.1 Å². The molecule has 6 heteroatoms. The Bertz CT molecular complexity index is 788. The van der Waals surface area contributed by atoms with Crippen LogP contribution in [0.5, 0.6) is 11.5 Å². The van der Waals surface area contributed by atoms with Gasteiger partial charge in [-0.3, -0.25) is 0 Å². The smallest absolute Gasteiger partial charge is 0.140 e. The molecule has 1 aliphatic rings. The van der Waals surface area contributed by atoms with E-state index in [9.17, 15) is 4.39 Å². The van der Waals surface area contributed by atoms with Crippen LogP contribution in [0.4, 0.5) is 10.1 Å². The fourth-order valence-corrected chi connectivity index (χ4v) is 3.05. The Morgan fingerprint density at radius 3 is 2.64 bits per heavy atom. The average molecular weight is 453 g/mol. The molecule has 0 spiro atoms. The summed E-state index contributed by atoms with van der Waals surface area (Å²) in [6.07, 6.45) is 4.19. The highest BCUT2D eigenvalue weighted by Crippen LogP contribution is 2.32. The van der Waals surface area contributed by atoms with Crippen molar-refractivity contribution < 1.29 is 9.13 Å². The molecule has 1 aliphatic heterocycles. The van der Waals surface area contributed by atoms with Crippen LogP contribution in [0.15, 0.2) is 35.3 Å². The maximum atomic E-state index is 13.7. The Kier molecular flexibility index (Phi) is 5.90. The van der Waals surface area contributed by atoms with Crippen LogP contribution in [0.1, 0.15) is 24.0 Å². The summed E-state index contributed by atoms with van der Waals surface area (Å²) in [6.45, 7) is 6.07. The second-order valence-electron chi connectivity index (χ2n) is 6.16. The van der Waals surface area contributed by atoms with Crippen molar-refractivity contribution in [2.24, 2.45) is 4.99 Å². The van der Waals surface area contributed by atoms with Gasteiger partial charge in [0.1, 0.15) is 23.7 Å². The van der Waals surface area contributed by atoms with Gasteiger partial charge in [0.05, 0.1) is 5.69 Å². The van der Waals surface area contributed by atoms with E-state index in [1.165, 1.54) is 18.9 Å². The summed E-state index contributed by atoms with van der Waals surface area (Å²) >= 11 is 1.96. The second-order valence-corrected chi connectivity index (χ2v) is 7.33. The van der Waals surface area contributed by atoms with Gasteiger partial charge in [0.15, 0.2) is 0 Å². The Morgan fingerprint density at radius 2 is 1.92 bits per heavy atom. The van der Waals surface area contributed by atoms with Crippen molar-refractivity contribution in [3.63, 3.8) is 0 Å². The Labute approximate surface area is 161 Å². The van der Waals surface area contributed by atoms with Gasteiger partial charge in [0.25, 0.3) is 0 Å². The van der Waals surface area contributed by atoms with Crippen LogP contribution < -0.4 is 10.2 Å². The zero-order valence-electron chi connectivity index (χ0n) is 14.4. The highest BCUT2D eigenvalue weighted by Gasteiger charge is 2.10. The maximum absolute atomic E-state index is 13.7. The first kappa shape index (κ1) is 18.1. The summed E-state index contributed by atoms with van der Waals surface area (Å²) in [4.78, 5) is 4.51. The number of rotatable bonds is 5. The molecule has 0 amide bonds. The van der Waals surface area contributed by atoms with Crippen LogP contribution in [-0.2, 0) is 0 Å². The first-order valence-electron chi connectivity index (χ1n) is 8.31. The number of halogens is 2. The molecule has 1 N–H and O–H groups in total. The van der Waals surface area contributed by atoms with Crippen molar-refractivity contribution in [1.29, 1.82) is 0 Å². The number of hydrogen-bond acceptors (Lipinski definition) is 3. The SMILES string of the molecule is Cc1cc(Oc2ccc(I)c(F)c2)c(C)cc1N=CNN1CCCC1. The van der Waals surface area contributed by atoms with Gasteiger partial charge < -0.3 is 10.2 Å². The monoisotopic (exact) mass is 453 g/mol. The highest BCUT2D eigenvalue weighted by atomic mass is 127. The highest BCUT2D eigenvalue weighted by molar-refractivity contribution is 14.1. The first-order chi connectivity index (χ1) is 12.0. The minimum absolute atomic E-state index is 0.276. The molecule has 0 radical (unpaired) electrons. The van der Waals surface area contributed by atoms with E-state index in [1.54, 1.807) is 18.5 Å². The lowest BCUT2D eigenvalue weighted by atomic mass is 10.1. The summed E-state index contributed by atoms with van der Waals surface area (Å²) in [6, 6.07) is 8.80. The molecule has 0 unspecified atom stereocenters. The molecule has 4 nitrogen and oxygen atoms in total. The van der Waals surface area contributed by atoms with Gasteiger partial charge in [-0.25, -0.2) is 14.4 Å². The molecule has 1 saturated heterocycles. The predicted octanol–water partition coefficient (Wildman–Crippen LogP) is 5.10. The van der Waals surface area contributed by atoms with Crippen molar-refractivity contribution in [1.82, 2.24) is 10.4 Å². The molecule has 2 aromatic rings. The topological polar surface area (TPSA) is 36.9 Å². The molecule has 25 heavy (non-hydrogen) atoms. The van der Waals surface area contributed by atoms with E-state index in [0.717, 1.165) is 29.9 Å². The summed E-state index contributed by atoms with van der Waals surface area (Å²) in [7, 11) is 0. The largest absolute Gasteiger partial charge is 0.457 e. The molecule has 132 valence electrons. The Balaban J connectivity index is 1.72. The van der Waals surface area contributed by atoms with E-state index in [-0.39, 0.29) is 5.82 Å². The molecule has 0 aromatic heterocycles. The molecular formula is C19H21FIN3O. The standard InChI is InChI=1S/C19H21FIN3O/c1-13-10-19(25-15-5-6-17(21)16(20)11-15)14(2)9-18(13)22-12-23-24-7-3-4-8-24/h5-6,9-12H,3-4,7-8H2,1-2H3,(H,22,23).